The summed E-state index contributed by atoms with van der Waals surface area (Å²) in [5.74, 6) is 1.35. The lowest BCUT2D eigenvalue weighted by atomic mass is 10.2. The highest BCUT2D eigenvalue weighted by molar-refractivity contribution is 5.84. The fourth-order valence-electron chi connectivity index (χ4n) is 2.17. The Hall–Kier alpha value is -2.46. The Kier molecular flexibility index (Phi) is 4.07. The summed E-state index contributed by atoms with van der Waals surface area (Å²) in [6.45, 7) is 3.72. The molecule has 0 bridgehead atoms. The summed E-state index contributed by atoms with van der Waals surface area (Å²) < 4.78 is 6.01. The summed E-state index contributed by atoms with van der Waals surface area (Å²) in [6, 6.07) is 13.8. The van der Waals surface area contributed by atoms with Crippen LogP contribution in [0.5, 0.6) is 11.6 Å². The molecule has 2 heterocycles. The van der Waals surface area contributed by atoms with Gasteiger partial charge in [-0.15, -0.1) is 0 Å². The molecule has 0 aliphatic heterocycles. The molecule has 1 N–H and O–H groups in total. The van der Waals surface area contributed by atoms with Crippen LogP contribution in [-0.2, 0) is 6.54 Å². The van der Waals surface area contributed by atoms with Crippen LogP contribution in [-0.4, -0.2) is 16.5 Å². The van der Waals surface area contributed by atoms with E-state index in [4.69, 9.17) is 4.74 Å². The van der Waals surface area contributed by atoms with E-state index in [0.29, 0.717) is 5.88 Å². The molecule has 0 spiro atoms. The minimum absolute atomic E-state index is 0.622. The van der Waals surface area contributed by atoms with Crippen LogP contribution in [0, 0.1) is 0 Å². The first kappa shape index (κ1) is 13.5. The van der Waals surface area contributed by atoms with E-state index in [1.165, 1.54) is 0 Å². The van der Waals surface area contributed by atoms with Gasteiger partial charge in [-0.1, -0.05) is 31.2 Å². The van der Waals surface area contributed by atoms with Crippen LogP contribution >= 0.6 is 0 Å². The average Bonchev–Trinajstić information content (AvgIpc) is 2.54. The standard InChI is InChI=1S/C17H17N3O/c1-2-18-12-14-8-5-11-20-17(14)21-15-9-3-6-13-7-4-10-19-16(13)15/h3-11,18H,2,12H2,1H3. The molecule has 0 unspecified atom stereocenters. The molecule has 3 rings (SSSR count). The highest BCUT2D eigenvalue weighted by atomic mass is 16.5. The van der Waals surface area contributed by atoms with Gasteiger partial charge in [0.25, 0.3) is 0 Å². The molecule has 4 nitrogen and oxygen atoms in total. The number of nitrogens with one attached hydrogen (secondary N) is 1. The van der Waals surface area contributed by atoms with Gasteiger partial charge in [0, 0.05) is 29.9 Å². The Morgan fingerprint density at radius 3 is 2.71 bits per heavy atom. The fraction of sp³-hybridized carbons (Fsp3) is 0.176. The van der Waals surface area contributed by atoms with Crippen molar-refractivity contribution < 1.29 is 4.74 Å². The van der Waals surface area contributed by atoms with Gasteiger partial charge in [0.2, 0.25) is 5.88 Å². The second-order valence-corrected chi connectivity index (χ2v) is 4.68. The summed E-state index contributed by atoms with van der Waals surface area (Å²) >= 11 is 0. The summed E-state index contributed by atoms with van der Waals surface area (Å²) in [7, 11) is 0. The first-order valence-corrected chi connectivity index (χ1v) is 7.04. The van der Waals surface area contributed by atoms with Crippen LogP contribution in [0.1, 0.15) is 12.5 Å². The molecule has 2 aromatic heterocycles. The van der Waals surface area contributed by atoms with E-state index in [1.807, 2.05) is 42.5 Å². The number of nitrogens with zero attached hydrogens (tertiary/aromatic N) is 2. The normalized spacial score (nSPS) is 10.7. The van der Waals surface area contributed by atoms with Gasteiger partial charge in [0.15, 0.2) is 5.75 Å². The van der Waals surface area contributed by atoms with E-state index in [0.717, 1.165) is 35.3 Å². The Morgan fingerprint density at radius 1 is 1.00 bits per heavy atom. The molecule has 0 fully saturated rings. The van der Waals surface area contributed by atoms with Gasteiger partial charge in [-0.25, -0.2) is 4.98 Å². The number of pyridine rings is 2. The third-order valence-corrected chi connectivity index (χ3v) is 3.22. The van der Waals surface area contributed by atoms with E-state index < -0.39 is 0 Å². The number of ether oxygens (including phenoxy) is 1. The smallest absolute Gasteiger partial charge is 0.223 e. The maximum atomic E-state index is 6.01. The van der Waals surface area contributed by atoms with Gasteiger partial charge >= 0.3 is 0 Å². The van der Waals surface area contributed by atoms with Gasteiger partial charge in [-0.05, 0) is 24.7 Å². The first-order chi connectivity index (χ1) is 10.4. The number of fused-ring (bicyclic) bond motifs is 1. The molecular formula is C17H17N3O. The van der Waals surface area contributed by atoms with Crippen molar-refractivity contribution in [1.29, 1.82) is 0 Å². The van der Waals surface area contributed by atoms with Crippen molar-refractivity contribution in [1.82, 2.24) is 15.3 Å². The van der Waals surface area contributed by atoms with Crippen molar-refractivity contribution in [3.8, 4) is 11.6 Å². The van der Waals surface area contributed by atoms with Crippen molar-refractivity contribution in [3.05, 3.63) is 60.4 Å². The monoisotopic (exact) mass is 279 g/mol. The zero-order valence-electron chi connectivity index (χ0n) is 11.9. The molecule has 0 saturated carbocycles. The maximum Gasteiger partial charge on any atom is 0.223 e. The molecule has 0 radical (unpaired) electrons. The summed E-state index contributed by atoms with van der Waals surface area (Å²) in [6.07, 6.45) is 3.51. The highest BCUT2D eigenvalue weighted by Crippen LogP contribution is 2.28. The maximum absolute atomic E-state index is 6.01. The Labute approximate surface area is 123 Å². The lowest BCUT2D eigenvalue weighted by Crippen LogP contribution is -2.12. The topological polar surface area (TPSA) is 47.0 Å². The van der Waals surface area contributed by atoms with E-state index in [9.17, 15) is 0 Å². The minimum Gasteiger partial charge on any atom is -0.436 e. The molecule has 0 aliphatic carbocycles. The van der Waals surface area contributed by atoms with E-state index in [1.54, 1.807) is 12.4 Å². The average molecular weight is 279 g/mol. The van der Waals surface area contributed by atoms with Crippen molar-refractivity contribution >= 4 is 10.9 Å². The van der Waals surface area contributed by atoms with Crippen LogP contribution in [0.4, 0.5) is 0 Å². The van der Waals surface area contributed by atoms with Crippen LogP contribution in [0.25, 0.3) is 10.9 Å². The van der Waals surface area contributed by atoms with Crippen molar-refractivity contribution in [2.24, 2.45) is 0 Å². The summed E-state index contributed by atoms with van der Waals surface area (Å²) in [5.41, 5.74) is 1.88. The number of para-hydroxylation sites is 1. The van der Waals surface area contributed by atoms with E-state index >= 15 is 0 Å². The number of aromatic nitrogens is 2. The number of benzene rings is 1. The Bertz CT molecular complexity index is 737. The zero-order chi connectivity index (χ0) is 14.5. The predicted octanol–water partition coefficient (Wildman–Crippen LogP) is 3.53. The lowest BCUT2D eigenvalue weighted by Gasteiger charge is -2.11. The van der Waals surface area contributed by atoms with Crippen molar-refractivity contribution in [3.63, 3.8) is 0 Å². The van der Waals surface area contributed by atoms with Crippen LogP contribution in [0.2, 0.25) is 0 Å². The Morgan fingerprint density at radius 2 is 1.81 bits per heavy atom. The van der Waals surface area contributed by atoms with Crippen molar-refractivity contribution in [2.45, 2.75) is 13.5 Å². The zero-order valence-corrected chi connectivity index (χ0v) is 11.9. The summed E-state index contributed by atoms with van der Waals surface area (Å²) in [5, 5.41) is 4.35. The molecule has 0 amide bonds. The second kappa shape index (κ2) is 6.33. The third-order valence-electron chi connectivity index (χ3n) is 3.22. The Balaban J connectivity index is 1.95. The molecule has 3 aromatic rings. The molecule has 21 heavy (non-hydrogen) atoms. The fourth-order valence-corrected chi connectivity index (χ4v) is 2.17. The summed E-state index contributed by atoms with van der Waals surface area (Å²) in [4.78, 5) is 8.74. The molecule has 0 aliphatic rings. The SMILES string of the molecule is CCNCc1cccnc1Oc1cccc2cccnc12. The minimum atomic E-state index is 0.622. The third kappa shape index (κ3) is 3.01. The quantitative estimate of drug-likeness (QED) is 0.776. The van der Waals surface area contributed by atoms with Crippen LogP contribution in [0.15, 0.2) is 54.9 Å². The van der Waals surface area contributed by atoms with Crippen molar-refractivity contribution in [2.75, 3.05) is 6.54 Å². The van der Waals surface area contributed by atoms with Gasteiger partial charge in [0.1, 0.15) is 5.52 Å². The lowest BCUT2D eigenvalue weighted by molar-refractivity contribution is 0.457. The number of hydrogen-bond acceptors (Lipinski definition) is 4. The molecular weight excluding hydrogens is 262 g/mol. The molecule has 0 saturated heterocycles. The van der Waals surface area contributed by atoms with Gasteiger partial charge < -0.3 is 10.1 Å². The van der Waals surface area contributed by atoms with Crippen LogP contribution in [0.3, 0.4) is 0 Å². The largest absolute Gasteiger partial charge is 0.436 e. The predicted molar refractivity (Wildman–Crippen MR) is 83.4 cm³/mol. The molecule has 106 valence electrons. The van der Waals surface area contributed by atoms with Gasteiger partial charge in [-0.3, -0.25) is 4.98 Å². The first-order valence-electron chi connectivity index (χ1n) is 7.04. The molecule has 4 heteroatoms. The van der Waals surface area contributed by atoms with E-state index in [-0.39, 0.29) is 0 Å². The van der Waals surface area contributed by atoms with Gasteiger partial charge in [-0.2, -0.15) is 0 Å². The second-order valence-electron chi connectivity index (χ2n) is 4.68. The molecule has 0 atom stereocenters. The highest BCUT2D eigenvalue weighted by Gasteiger charge is 2.08. The molecule has 1 aromatic carbocycles. The van der Waals surface area contributed by atoms with E-state index in [2.05, 4.69) is 22.2 Å². The number of hydrogen-bond donors (Lipinski definition) is 1. The van der Waals surface area contributed by atoms with Crippen LogP contribution < -0.4 is 10.1 Å². The van der Waals surface area contributed by atoms with Gasteiger partial charge in [0.05, 0.1) is 0 Å². The number of rotatable bonds is 5.